The van der Waals surface area contributed by atoms with E-state index in [1.54, 1.807) is 18.2 Å². The zero-order chi connectivity index (χ0) is 17.5. The molecule has 0 aliphatic rings. The van der Waals surface area contributed by atoms with Crippen LogP contribution in [0.2, 0.25) is 5.02 Å². The van der Waals surface area contributed by atoms with Crippen molar-refractivity contribution in [2.45, 2.75) is 19.9 Å². The zero-order valence-corrected chi connectivity index (χ0v) is 14.3. The van der Waals surface area contributed by atoms with Crippen LogP contribution >= 0.6 is 11.6 Å². The molecule has 24 heavy (non-hydrogen) atoms. The minimum absolute atomic E-state index is 0.276. The Hall–Kier alpha value is -2.53. The van der Waals surface area contributed by atoms with Crippen LogP contribution in [0.3, 0.4) is 0 Å². The number of aryl methyl sites for hydroxylation is 1. The van der Waals surface area contributed by atoms with Crippen molar-refractivity contribution in [3.63, 3.8) is 0 Å². The highest BCUT2D eigenvalue weighted by Crippen LogP contribution is 2.25. The summed E-state index contributed by atoms with van der Waals surface area (Å²) < 4.78 is 5.19. The molecule has 0 unspecified atom stereocenters. The molecule has 2 aromatic rings. The third kappa shape index (κ3) is 4.99. The van der Waals surface area contributed by atoms with Crippen LogP contribution in [0.1, 0.15) is 17.5 Å². The van der Waals surface area contributed by atoms with Gasteiger partial charge >= 0.3 is 0 Å². The van der Waals surface area contributed by atoms with E-state index in [1.165, 1.54) is 7.11 Å². The maximum absolute atomic E-state index is 12.0. The average molecular weight is 347 g/mol. The number of benzene rings is 2. The van der Waals surface area contributed by atoms with Crippen LogP contribution < -0.4 is 15.4 Å². The van der Waals surface area contributed by atoms with E-state index < -0.39 is 5.91 Å². The highest BCUT2D eigenvalue weighted by atomic mass is 35.5. The predicted octanol–water partition coefficient (Wildman–Crippen LogP) is 3.30. The Kier molecular flexibility index (Phi) is 6.21. The van der Waals surface area contributed by atoms with Gasteiger partial charge in [0.05, 0.1) is 12.8 Å². The van der Waals surface area contributed by atoms with Gasteiger partial charge in [-0.25, -0.2) is 0 Å². The van der Waals surface area contributed by atoms with Gasteiger partial charge in [-0.15, -0.1) is 0 Å². The van der Waals surface area contributed by atoms with E-state index in [2.05, 4.69) is 10.6 Å². The summed E-state index contributed by atoms with van der Waals surface area (Å²) in [6, 6.07) is 12.7. The highest BCUT2D eigenvalue weighted by molar-refractivity contribution is 6.31. The Bertz CT molecular complexity index is 747. The Morgan fingerprint density at radius 3 is 2.58 bits per heavy atom. The molecule has 0 aromatic heterocycles. The molecule has 0 saturated carbocycles. The summed E-state index contributed by atoms with van der Waals surface area (Å²) in [6.07, 6.45) is -0.276. The van der Waals surface area contributed by atoms with Crippen molar-refractivity contribution < 1.29 is 14.3 Å². The first-order chi connectivity index (χ1) is 11.5. The summed E-state index contributed by atoms with van der Waals surface area (Å²) in [5, 5.41) is 5.95. The van der Waals surface area contributed by atoms with E-state index in [0.717, 1.165) is 11.1 Å². The topological polar surface area (TPSA) is 67.4 Å². The fourth-order valence-electron chi connectivity index (χ4n) is 2.16. The smallest absolute Gasteiger partial charge is 0.233 e. The number of hydrogen-bond donors (Lipinski definition) is 2. The van der Waals surface area contributed by atoms with Gasteiger partial charge in [-0.05, 0) is 36.2 Å². The van der Waals surface area contributed by atoms with Crippen LogP contribution in [0, 0.1) is 6.92 Å². The first-order valence-electron chi connectivity index (χ1n) is 7.44. The lowest BCUT2D eigenvalue weighted by atomic mass is 10.2. The number of amides is 2. The van der Waals surface area contributed by atoms with Crippen LogP contribution in [-0.2, 0) is 16.1 Å². The number of nitrogens with one attached hydrogen (secondary N) is 2. The molecule has 6 heteroatoms. The number of methoxy groups -OCH3 is 1. The summed E-state index contributed by atoms with van der Waals surface area (Å²) in [5.41, 5.74) is 2.32. The first-order valence-corrected chi connectivity index (χ1v) is 7.82. The number of carbonyl (C=O) groups excluding carboxylic acids is 2. The molecule has 126 valence electrons. The molecule has 2 amide bonds. The van der Waals surface area contributed by atoms with Crippen LogP contribution in [0.4, 0.5) is 5.69 Å². The molecule has 2 rings (SSSR count). The van der Waals surface area contributed by atoms with Gasteiger partial charge in [0, 0.05) is 11.6 Å². The zero-order valence-electron chi connectivity index (χ0n) is 13.6. The Morgan fingerprint density at radius 1 is 1.12 bits per heavy atom. The Balaban J connectivity index is 1.89. The highest BCUT2D eigenvalue weighted by Gasteiger charge is 2.12. The summed E-state index contributed by atoms with van der Waals surface area (Å²) in [4.78, 5) is 23.9. The van der Waals surface area contributed by atoms with Gasteiger partial charge in [0.15, 0.2) is 0 Å². The largest absolute Gasteiger partial charge is 0.495 e. The molecule has 0 aliphatic carbocycles. The number of hydrogen-bond acceptors (Lipinski definition) is 3. The molecular formula is C18H19ClN2O3. The van der Waals surface area contributed by atoms with Gasteiger partial charge in [0.25, 0.3) is 0 Å². The number of rotatable bonds is 6. The number of ether oxygens (including phenoxy) is 1. The molecular weight excluding hydrogens is 328 g/mol. The Morgan fingerprint density at radius 2 is 1.88 bits per heavy atom. The van der Waals surface area contributed by atoms with Gasteiger partial charge in [-0.3, -0.25) is 9.59 Å². The van der Waals surface area contributed by atoms with Crippen LogP contribution in [0.15, 0.2) is 42.5 Å². The van der Waals surface area contributed by atoms with E-state index in [4.69, 9.17) is 16.3 Å². The average Bonchev–Trinajstić information content (AvgIpc) is 2.54. The molecule has 0 saturated heterocycles. The van der Waals surface area contributed by atoms with Crippen molar-refractivity contribution in [3.05, 3.63) is 58.6 Å². The molecule has 0 heterocycles. The van der Waals surface area contributed by atoms with Crippen LogP contribution in [0.5, 0.6) is 5.75 Å². The second-order valence-corrected chi connectivity index (χ2v) is 5.70. The van der Waals surface area contributed by atoms with E-state index in [9.17, 15) is 9.59 Å². The quantitative estimate of drug-likeness (QED) is 0.788. The third-order valence-corrected chi connectivity index (χ3v) is 3.75. The molecule has 0 fully saturated rings. The van der Waals surface area contributed by atoms with Gasteiger partial charge in [0.2, 0.25) is 11.8 Å². The summed E-state index contributed by atoms with van der Waals surface area (Å²) >= 11 is 6.02. The maximum atomic E-state index is 12.0. The molecule has 2 N–H and O–H groups in total. The van der Waals surface area contributed by atoms with Crippen LogP contribution in [-0.4, -0.2) is 18.9 Å². The maximum Gasteiger partial charge on any atom is 0.233 e. The molecule has 0 spiro atoms. The molecule has 2 aromatic carbocycles. The lowest BCUT2D eigenvalue weighted by Crippen LogP contribution is -2.28. The van der Waals surface area contributed by atoms with Crippen molar-refractivity contribution in [3.8, 4) is 5.75 Å². The van der Waals surface area contributed by atoms with Crippen molar-refractivity contribution in [1.82, 2.24) is 5.32 Å². The van der Waals surface area contributed by atoms with Crippen molar-refractivity contribution >= 4 is 29.1 Å². The fraction of sp³-hybridized carbons (Fsp3) is 0.222. The van der Waals surface area contributed by atoms with Gasteiger partial charge in [-0.1, -0.05) is 35.9 Å². The fourth-order valence-corrected chi connectivity index (χ4v) is 2.36. The summed E-state index contributed by atoms with van der Waals surface area (Å²) in [6.45, 7) is 2.19. The molecule has 0 atom stereocenters. The Labute approximate surface area is 146 Å². The monoisotopic (exact) mass is 346 g/mol. The van der Waals surface area contributed by atoms with E-state index in [0.29, 0.717) is 16.5 Å². The van der Waals surface area contributed by atoms with Gasteiger partial charge in [-0.2, -0.15) is 0 Å². The van der Waals surface area contributed by atoms with E-state index in [1.807, 2.05) is 31.2 Å². The van der Waals surface area contributed by atoms with E-state index in [-0.39, 0.29) is 18.9 Å². The lowest BCUT2D eigenvalue weighted by molar-refractivity contribution is -0.126. The number of halogens is 1. The minimum atomic E-state index is -0.407. The molecule has 5 nitrogen and oxygen atoms in total. The molecule has 0 bridgehead atoms. The molecule has 0 radical (unpaired) electrons. The van der Waals surface area contributed by atoms with Gasteiger partial charge in [0.1, 0.15) is 12.2 Å². The number of carbonyl (C=O) groups is 2. The van der Waals surface area contributed by atoms with Gasteiger partial charge < -0.3 is 15.4 Å². The first kappa shape index (κ1) is 17.8. The molecule has 0 aliphatic heterocycles. The van der Waals surface area contributed by atoms with Crippen LogP contribution in [0.25, 0.3) is 0 Å². The third-order valence-electron chi connectivity index (χ3n) is 3.38. The SMILES string of the molecule is COc1ccc(C)cc1NC(=O)CC(=O)NCc1ccccc1Cl. The lowest BCUT2D eigenvalue weighted by Gasteiger charge is -2.11. The van der Waals surface area contributed by atoms with Crippen molar-refractivity contribution in [2.24, 2.45) is 0 Å². The second-order valence-electron chi connectivity index (χ2n) is 5.30. The minimum Gasteiger partial charge on any atom is -0.495 e. The van der Waals surface area contributed by atoms with Crippen molar-refractivity contribution in [1.29, 1.82) is 0 Å². The standard InChI is InChI=1S/C18H19ClN2O3/c1-12-7-8-16(24-2)15(9-12)21-18(23)10-17(22)20-11-13-5-3-4-6-14(13)19/h3-9H,10-11H2,1-2H3,(H,20,22)(H,21,23). The summed E-state index contributed by atoms with van der Waals surface area (Å²) in [7, 11) is 1.52. The second kappa shape index (κ2) is 8.36. The summed E-state index contributed by atoms with van der Waals surface area (Å²) in [5.74, 6) is -0.236. The van der Waals surface area contributed by atoms with Crippen molar-refractivity contribution in [2.75, 3.05) is 12.4 Å². The predicted molar refractivity (Wildman–Crippen MR) is 94.3 cm³/mol. The van der Waals surface area contributed by atoms with E-state index >= 15 is 0 Å². The normalized spacial score (nSPS) is 10.1. The number of anilines is 1.